The fraction of sp³-hybridized carbons (Fsp3) is 0.278. The van der Waals surface area contributed by atoms with E-state index in [2.05, 4.69) is 15.4 Å². The zero-order valence-electron chi connectivity index (χ0n) is 14.5. The summed E-state index contributed by atoms with van der Waals surface area (Å²) in [6.45, 7) is 5.71. The van der Waals surface area contributed by atoms with Crippen molar-refractivity contribution in [3.8, 4) is 5.75 Å². The lowest BCUT2D eigenvalue weighted by molar-refractivity contribution is 0.102. The molecule has 124 valence electrons. The van der Waals surface area contributed by atoms with Gasteiger partial charge in [-0.2, -0.15) is 5.10 Å². The first-order chi connectivity index (χ1) is 11.4. The van der Waals surface area contributed by atoms with E-state index in [-0.39, 0.29) is 5.91 Å². The zero-order chi connectivity index (χ0) is 17.4. The summed E-state index contributed by atoms with van der Waals surface area (Å²) in [5.74, 6) is 0.421. The van der Waals surface area contributed by atoms with Gasteiger partial charge in [-0.15, -0.1) is 0 Å². The molecule has 0 bridgehead atoms. The lowest BCUT2D eigenvalue weighted by atomic mass is 10.1. The van der Waals surface area contributed by atoms with E-state index < -0.39 is 0 Å². The Kier molecular flexibility index (Phi) is 3.97. The van der Waals surface area contributed by atoms with Gasteiger partial charge < -0.3 is 10.1 Å². The molecule has 0 aliphatic carbocycles. The molecule has 3 aromatic rings. The summed E-state index contributed by atoms with van der Waals surface area (Å²) in [6.07, 6.45) is 0. The largest absolute Gasteiger partial charge is 0.495 e. The number of carbonyl (C=O) groups excluding carboxylic acids is 1. The number of anilines is 1. The smallest absolute Gasteiger partial charge is 0.256 e. The van der Waals surface area contributed by atoms with Crippen LogP contribution in [0.1, 0.15) is 27.3 Å². The van der Waals surface area contributed by atoms with Crippen LogP contribution in [-0.4, -0.2) is 27.8 Å². The number of pyridine rings is 1. The number of hydrogen-bond acceptors (Lipinski definition) is 4. The third-order valence-electron chi connectivity index (χ3n) is 3.94. The van der Waals surface area contributed by atoms with Gasteiger partial charge >= 0.3 is 0 Å². The van der Waals surface area contributed by atoms with Gasteiger partial charge in [-0.3, -0.25) is 9.48 Å². The molecular formula is C18H20N4O2. The van der Waals surface area contributed by atoms with Crippen LogP contribution in [-0.2, 0) is 7.05 Å². The van der Waals surface area contributed by atoms with Crippen molar-refractivity contribution >= 4 is 22.6 Å². The Morgan fingerprint density at radius 3 is 2.67 bits per heavy atom. The van der Waals surface area contributed by atoms with Gasteiger partial charge in [-0.25, -0.2) is 4.98 Å². The number of hydrogen-bond donors (Lipinski definition) is 1. The Labute approximate surface area is 140 Å². The van der Waals surface area contributed by atoms with Crippen molar-refractivity contribution in [3.05, 3.63) is 46.8 Å². The Bertz CT molecular complexity index is 944. The number of methoxy groups -OCH3 is 1. The summed E-state index contributed by atoms with van der Waals surface area (Å²) in [6, 6.07) is 7.45. The maximum atomic E-state index is 12.9. The minimum atomic E-state index is -0.203. The molecule has 0 saturated carbocycles. The number of aryl methyl sites for hydroxylation is 4. The molecule has 2 aromatic heterocycles. The van der Waals surface area contributed by atoms with Gasteiger partial charge in [0.05, 0.1) is 29.4 Å². The monoisotopic (exact) mass is 324 g/mol. The summed E-state index contributed by atoms with van der Waals surface area (Å²) in [5.41, 5.74) is 4.50. The summed E-state index contributed by atoms with van der Waals surface area (Å²) in [5, 5.41) is 8.09. The quantitative estimate of drug-likeness (QED) is 0.803. The molecule has 1 amide bonds. The SMILES string of the molecule is COc1ccc(C)cc1NC(=O)c1cc(C)nc2c1c(C)nn2C. The van der Waals surface area contributed by atoms with Crippen LogP contribution in [0.25, 0.3) is 11.0 Å². The Morgan fingerprint density at radius 1 is 1.21 bits per heavy atom. The van der Waals surface area contributed by atoms with E-state index in [9.17, 15) is 4.79 Å². The summed E-state index contributed by atoms with van der Waals surface area (Å²) >= 11 is 0. The van der Waals surface area contributed by atoms with E-state index in [4.69, 9.17) is 4.74 Å². The average molecular weight is 324 g/mol. The molecular weight excluding hydrogens is 304 g/mol. The molecule has 0 aliphatic rings. The van der Waals surface area contributed by atoms with Crippen molar-refractivity contribution in [2.75, 3.05) is 12.4 Å². The average Bonchev–Trinajstić information content (AvgIpc) is 2.81. The third-order valence-corrected chi connectivity index (χ3v) is 3.94. The lowest BCUT2D eigenvalue weighted by Gasteiger charge is -2.12. The number of rotatable bonds is 3. The molecule has 0 atom stereocenters. The first-order valence-electron chi connectivity index (χ1n) is 7.67. The molecule has 0 spiro atoms. The highest BCUT2D eigenvalue weighted by atomic mass is 16.5. The Balaban J connectivity index is 2.08. The highest BCUT2D eigenvalue weighted by molar-refractivity contribution is 6.13. The first-order valence-corrected chi connectivity index (χ1v) is 7.67. The summed E-state index contributed by atoms with van der Waals surface area (Å²) in [7, 11) is 3.41. The minimum Gasteiger partial charge on any atom is -0.495 e. The van der Waals surface area contributed by atoms with E-state index in [1.165, 1.54) is 0 Å². The number of amides is 1. The first kappa shape index (κ1) is 16.0. The molecule has 0 radical (unpaired) electrons. The number of ether oxygens (including phenoxy) is 1. The predicted molar refractivity (Wildman–Crippen MR) is 93.7 cm³/mol. The molecule has 6 heteroatoms. The molecule has 1 N–H and O–H groups in total. The van der Waals surface area contributed by atoms with Crippen molar-refractivity contribution in [3.63, 3.8) is 0 Å². The number of fused-ring (bicyclic) bond motifs is 1. The van der Waals surface area contributed by atoms with Crippen molar-refractivity contribution in [1.82, 2.24) is 14.8 Å². The second-order valence-corrected chi connectivity index (χ2v) is 5.88. The van der Waals surface area contributed by atoms with Crippen molar-refractivity contribution in [2.45, 2.75) is 20.8 Å². The summed E-state index contributed by atoms with van der Waals surface area (Å²) in [4.78, 5) is 17.4. The van der Waals surface area contributed by atoms with Crippen LogP contribution in [0.15, 0.2) is 24.3 Å². The molecule has 3 rings (SSSR count). The van der Waals surface area contributed by atoms with Crippen LogP contribution in [0.5, 0.6) is 5.75 Å². The Morgan fingerprint density at radius 2 is 1.96 bits per heavy atom. The van der Waals surface area contributed by atoms with E-state index in [0.717, 1.165) is 22.3 Å². The second kappa shape index (κ2) is 5.96. The normalized spacial score (nSPS) is 10.9. The van der Waals surface area contributed by atoms with Gasteiger partial charge in [0, 0.05) is 12.7 Å². The molecule has 6 nitrogen and oxygen atoms in total. The topological polar surface area (TPSA) is 69.0 Å². The standard InChI is InChI=1S/C18H20N4O2/c1-10-6-7-15(24-5)14(8-10)20-18(23)13-9-11(2)19-17-16(13)12(3)21-22(17)4/h6-9H,1-5H3,(H,20,23). The number of nitrogens with zero attached hydrogens (tertiary/aromatic N) is 3. The minimum absolute atomic E-state index is 0.203. The third kappa shape index (κ3) is 2.71. The van der Waals surface area contributed by atoms with Gasteiger partial charge in [0.2, 0.25) is 0 Å². The van der Waals surface area contributed by atoms with Gasteiger partial charge in [-0.1, -0.05) is 6.07 Å². The molecule has 0 saturated heterocycles. The number of benzene rings is 1. The van der Waals surface area contributed by atoms with Crippen molar-refractivity contribution in [1.29, 1.82) is 0 Å². The van der Waals surface area contributed by atoms with E-state index in [1.54, 1.807) is 17.9 Å². The van der Waals surface area contributed by atoms with E-state index in [0.29, 0.717) is 22.6 Å². The maximum absolute atomic E-state index is 12.9. The maximum Gasteiger partial charge on any atom is 0.256 e. The van der Waals surface area contributed by atoms with E-state index >= 15 is 0 Å². The van der Waals surface area contributed by atoms with Crippen LogP contribution < -0.4 is 10.1 Å². The number of carbonyl (C=O) groups is 1. The van der Waals surface area contributed by atoms with Gasteiger partial charge in [0.1, 0.15) is 5.75 Å². The zero-order valence-corrected chi connectivity index (χ0v) is 14.5. The van der Waals surface area contributed by atoms with Gasteiger partial charge in [0.25, 0.3) is 5.91 Å². The number of aromatic nitrogens is 3. The lowest BCUT2D eigenvalue weighted by Crippen LogP contribution is -2.14. The van der Waals surface area contributed by atoms with Crippen molar-refractivity contribution in [2.24, 2.45) is 7.05 Å². The van der Waals surface area contributed by atoms with E-state index in [1.807, 2.05) is 46.0 Å². The Hall–Kier alpha value is -2.89. The van der Waals surface area contributed by atoms with Crippen molar-refractivity contribution < 1.29 is 9.53 Å². The van der Waals surface area contributed by atoms with Crippen LogP contribution >= 0.6 is 0 Å². The predicted octanol–water partition coefficient (Wildman–Crippen LogP) is 3.15. The molecule has 0 unspecified atom stereocenters. The molecule has 2 heterocycles. The summed E-state index contributed by atoms with van der Waals surface area (Å²) < 4.78 is 7.03. The second-order valence-electron chi connectivity index (χ2n) is 5.88. The van der Waals surface area contributed by atoms with Crippen LogP contribution in [0, 0.1) is 20.8 Å². The molecule has 0 fully saturated rings. The molecule has 0 aliphatic heterocycles. The highest BCUT2D eigenvalue weighted by Gasteiger charge is 2.18. The van der Waals surface area contributed by atoms with Gasteiger partial charge in [-0.05, 0) is 44.5 Å². The van der Waals surface area contributed by atoms with Crippen LogP contribution in [0.4, 0.5) is 5.69 Å². The van der Waals surface area contributed by atoms with Gasteiger partial charge in [0.15, 0.2) is 5.65 Å². The fourth-order valence-electron chi connectivity index (χ4n) is 2.86. The molecule has 1 aromatic carbocycles. The molecule has 24 heavy (non-hydrogen) atoms. The van der Waals surface area contributed by atoms with Crippen LogP contribution in [0.3, 0.4) is 0 Å². The van der Waals surface area contributed by atoms with Crippen LogP contribution in [0.2, 0.25) is 0 Å². The number of nitrogens with one attached hydrogen (secondary N) is 1. The highest BCUT2D eigenvalue weighted by Crippen LogP contribution is 2.27. The fourth-order valence-corrected chi connectivity index (χ4v) is 2.86.